The predicted molar refractivity (Wildman–Crippen MR) is 44.6 cm³/mol. The summed E-state index contributed by atoms with van der Waals surface area (Å²) in [5, 5.41) is 0. The molecule has 0 aliphatic rings. The summed E-state index contributed by atoms with van der Waals surface area (Å²) >= 11 is 0. The van der Waals surface area contributed by atoms with Gasteiger partial charge in [0, 0.05) is 12.4 Å². The molecule has 0 aromatic carbocycles. The molecule has 1 heterocycles. The molecular formula is C8H11N3. The van der Waals surface area contributed by atoms with Crippen molar-refractivity contribution in [2.75, 3.05) is 0 Å². The van der Waals surface area contributed by atoms with Crippen LogP contribution in [-0.2, 0) is 6.42 Å². The largest absolute Gasteiger partial charge is 0.404 e. The number of aromatic nitrogens is 2. The van der Waals surface area contributed by atoms with E-state index in [2.05, 4.69) is 16.9 Å². The zero-order valence-corrected chi connectivity index (χ0v) is 6.49. The predicted octanol–water partition coefficient (Wildman–Crippen LogP) is 0.968. The molecule has 3 heteroatoms. The summed E-state index contributed by atoms with van der Waals surface area (Å²) in [6.45, 7) is 2.07. The van der Waals surface area contributed by atoms with Crippen LogP contribution < -0.4 is 5.73 Å². The molecule has 0 atom stereocenters. The van der Waals surface area contributed by atoms with E-state index < -0.39 is 0 Å². The van der Waals surface area contributed by atoms with E-state index in [1.807, 2.05) is 12.4 Å². The van der Waals surface area contributed by atoms with Crippen LogP contribution in [0.15, 0.2) is 18.6 Å². The van der Waals surface area contributed by atoms with Gasteiger partial charge in [-0.15, -0.1) is 0 Å². The summed E-state index contributed by atoms with van der Waals surface area (Å²) in [6, 6.07) is 0. The van der Waals surface area contributed by atoms with Crippen LogP contribution in [0.5, 0.6) is 0 Å². The lowest BCUT2D eigenvalue weighted by Crippen LogP contribution is -1.90. The van der Waals surface area contributed by atoms with Crippen molar-refractivity contribution in [3.8, 4) is 0 Å². The van der Waals surface area contributed by atoms with E-state index in [1.165, 1.54) is 6.20 Å². The van der Waals surface area contributed by atoms with E-state index in [4.69, 9.17) is 5.73 Å². The normalized spacial score (nSPS) is 10.6. The third-order valence-electron chi connectivity index (χ3n) is 1.38. The monoisotopic (exact) mass is 149 g/mol. The van der Waals surface area contributed by atoms with Gasteiger partial charge in [0.1, 0.15) is 0 Å². The number of rotatable bonds is 2. The second-order valence-electron chi connectivity index (χ2n) is 2.16. The Hall–Kier alpha value is -1.38. The highest BCUT2D eigenvalue weighted by Gasteiger charge is 1.90. The average molecular weight is 149 g/mol. The van der Waals surface area contributed by atoms with Gasteiger partial charge >= 0.3 is 0 Å². The quantitative estimate of drug-likeness (QED) is 0.681. The highest BCUT2D eigenvalue weighted by molar-refractivity contribution is 5.38. The fraction of sp³-hybridized carbons (Fsp3) is 0.250. The van der Waals surface area contributed by atoms with Crippen LogP contribution >= 0.6 is 0 Å². The maximum absolute atomic E-state index is 5.17. The first-order chi connectivity index (χ1) is 5.36. The van der Waals surface area contributed by atoms with Gasteiger partial charge in [0.25, 0.3) is 0 Å². The molecule has 58 valence electrons. The first-order valence-corrected chi connectivity index (χ1v) is 3.56. The minimum absolute atomic E-state index is 0.657. The van der Waals surface area contributed by atoms with Crippen molar-refractivity contribution in [1.29, 1.82) is 0 Å². The van der Waals surface area contributed by atoms with Gasteiger partial charge in [0.15, 0.2) is 5.82 Å². The highest BCUT2D eigenvalue weighted by Crippen LogP contribution is 1.97. The molecule has 3 nitrogen and oxygen atoms in total. The van der Waals surface area contributed by atoms with Crippen LogP contribution in [0, 0.1) is 0 Å². The van der Waals surface area contributed by atoms with Gasteiger partial charge in [-0.3, -0.25) is 0 Å². The van der Waals surface area contributed by atoms with Crippen LogP contribution in [0.3, 0.4) is 0 Å². The number of nitrogens with two attached hydrogens (primary N) is 1. The van der Waals surface area contributed by atoms with E-state index in [-0.39, 0.29) is 0 Å². The Balaban J connectivity index is 2.82. The third-order valence-corrected chi connectivity index (χ3v) is 1.38. The molecule has 0 aliphatic carbocycles. The summed E-state index contributed by atoms with van der Waals surface area (Å²) in [5.41, 5.74) is 6.31. The summed E-state index contributed by atoms with van der Waals surface area (Å²) in [6.07, 6.45) is 7.68. The van der Waals surface area contributed by atoms with Crippen molar-refractivity contribution in [3.63, 3.8) is 0 Å². The van der Waals surface area contributed by atoms with Gasteiger partial charge in [-0.25, -0.2) is 9.97 Å². The van der Waals surface area contributed by atoms with Gasteiger partial charge in [-0.1, -0.05) is 6.92 Å². The van der Waals surface area contributed by atoms with E-state index in [0.29, 0.717) is 5.82 Å². The van der Waals surface area contributed by atoms with Crippen LogP contribution in [-0.4, -0.2) is 9.97 Å². The molecule has 11 heavy (non-hydrogen) atoms. The Bertz CT molecular complexity index is 238. The molecule has 0 spiro atoms. The summed E-state index contributed by atoms with van der Waals surface area (Å²) in [4.78, 5) is 8.12. The topological polar surface area (TPSA) is 51.8 Å². The maximum atomic E-state index is 5.17. The van der Waals surface area contributed by atoms with Gasteiger partial charge in [0.2, 0.25) is 0 Å². The molecule has 0 bridgehead atoms. The Morgan fingerprint density at radius 1 is 1.45 bits per heavy atom. The van der Waals surface area contributed by atoms with Gasteiger partial charge < -0.3 is 5.73 Å². The number of hydrogen-bond acceptors (Lipinski definition) is 3. The minimum atomic E-state index is 0.657. The third kappa shape index (κ3) is 2.04. The highest BCUT2D eigenvalue weighted by atomic mass is 14.8. The molecule has 0 radical (unpaired) electrons. The minimum Gasteiger partial charge on any atom is -0.404 e. The second-order valence-corrected chi connectivity index (χ2v) is 2.16. The Morgan fingerprint density at radius 3 is 2.55 bits per heavy atom. The molecular weight excluding hydrogens is 138 g/mol. The van der Waals surface area contributed by atoms with Crippen LogP contribution in [0.4, 0.5) is 0 Å². The number of hydrogen-bond donors (Lipinski definition) is 1. The Labute approximate surface area is 66.0 Å². The fourth-order valence-corrected chi connectivity index (χ4v) is 0.719. The molecule has 0 fully saturated rings. The van der Waals surface area contributed by atoms with Crippen molar-refractivity contribution < 1.29 is 0 Å². The van der Waals surface area contributed by atoms with Gasteiger partial charge in [0.05, 0.1) is 0 Å². The van der Waals surface area contributed by atoms with Gasteiger partial charge in [-0.2, -0.15) is 0 Å². The zero-order chi connectivity index (χ0) is 8.10. The molecule has 0 saturated heterocycles. The lowest BCUT2D eigenvalue weighted by Gasteiger charge is -1.94. The van der Waals surface area contributed by atoms with Gasteiger partial charge in [-0.05, 0) is 24.3 Å². The number of nitrogens with zero attached hydrogens (tertiary/aromatic N) is 2. The molecule has 0 amide bonds. The van der Waals surface area contributed by atoms with E-state index in [9.17, 15) is 0 Å². The van der Waals surface area contributed by atoms with Crippen LogP contribution in [0.2, 0.25) is 0 Å². The van der Waals surface area contributed by atoms with E-state index in [1.54, 1.807) is 6.08 Å². The Morgan fingerprint density at radius 2 is 2.09 bits per heavy atom. The zero-order valence-electron chi connectivity index (χ0n) is 6.49. The molecule has 2 N–H and O–H groups in total. The first-order valence-electron chi connectivity index (χ1n) is 3.56. The lowest BCUT2D eigenvalue weighted by molar-refractivity contribution is 1.03. The second kappa shape index (κ2) is 3.71. The molecule has 1 aromatic heterocycles. The molecule has 0 aliphatic heterocycles. The van der Waals surface area contributed by atoms with Crippen molar-refractivity contribution in [1.82, 2.24) is 9.97 Å². The summed E-state index contributed by atoms with van der Waals surface area (Å²) in [7, 11) is 0. The fourth-order valence-electron chi connectivity index (χ4n) is 0.719. The summed E-state index contributed by atoms with van der Waals surface area (Å²) < 4.78 is 0. The SMILES string of the molecule is CCc1cnc(/C=C\N)nc1. The molecule has 1 aromatic rings. The molecule has 1 rings (SSSR count). The average Bonchev–Trinajstić information content (AvgIpc) is 2.07. The Kier molecular flexibility index (Phi) is 2.60. The van der Waals surface area contributed by atoms with Crippen molar-refractivity contribution >= 4 is 6.08 Å². The standard InChI is InChI=1S/C8H11N3/c1-2-7-5-10-8(3-4-9)11-6-7/h3-6H,2,9H2,1H3/b4-3-. The van der Waals surface area contributed by atoms with Crippen molar-refractivity contribution in [3.05, 3.63) is 30.0 Å². The summed E-state index contributed by atoms with van der Waals surface area (Å²) in [5.74, 6) is 0.657. The van der Waals surface area contributed by atoms with Crippen molar-refractivity contribution in [2.24, 2.45) is 5.73 Å². The molecule has 0 unspecified atom stereocenters. The van der Waals surface area contributed by atoms with Crippen LogP contribution in [0.1, 0.15) is 18.3 Å². The maximum Gasteiger partial charge on any atom is 0.153 e. The molecule has 0 saturated carbocycles. The first kappa shape index (κ1) is 7.72. The number of aryl methyl sites for hydroxylation is 1. The lowest BCUT2D eigenvalue weighted by atomic mass is 10.3. The van der Waals surface area contributed by atoms with E-state index in [0.717, 1.165) is 12.0 Å². The smallest absolute Gasteiger partial charge is 0.153 e. The van der Waals surface area contributed by atoms with E-state index >= 15 is 0 Å². The van der Waals surface area contributed by atoms with Crippen LogP contribution in [0.25, 0.3) is 6.08 Å². The van der Waals surface area contributed by atoms with Crippen molar-refractivity contribution in [2.45, 2.75) is 13.3 Å².